The molecule has 0 fully saturated rings. The van der Waals surface area contributed by atoms with Crippen molar-refractivity contribution in [1.82, 2.24) is 4.98 Å². The maximum atomic E-state index is 10.9. The number of aromatic nitrogens is 1. The average Bonchev–Trinajstić information content (AvgIpc) is 2.51. The second kappa shape index (κ2) is 4.55. The molecule has 1 aromatic heterocycles. The van der Waals surface area contributed by atoms with Crippen molar-refractivity contribution in [3.63, 3.8) is 0 Å². The van der Waals surface area contributed by atoms with E-state index in [1.54, 1.807) is 6.20 Å². The Morgan fingerprint density at radius 2 is 2.62 bits per heavy atom. The van der Waals surface area contributed by atoms with Crippen LogP contribution in [0.15, 0.2) is 6.20 Å². The molecule has 0 bridgehead atoms. The summed E-state index contributed by atoms with van der Waals surface area (Å²) in [6.07, 6.45) is 1.72. The average molecular weight is 221 g/mol. The monoisotopic (exact) mass is 220 g/mol. The molecule has 1 atom stereocenters. The number of carbonyl (C=O) groups excluding carboxylic acids is 1. The van der Waals surface area contributed by atoms with E-state index in [0.717, 1.165) is 4.88 Å². The van der Waals surface area contributed by atoms with Crippen molar-refractivity contribution in [2.24, 2.45) is 5.73 Å². The molecule has 0 aromatic carbocycles. The van der Waals surface area contributed by atoms with Gasteiger partial charge in [0, 0.05) is 11.1 Å². The Kier molecular flexibility index (Phi) is 3.65. The van der Waals surface area contributed by atoms with Crippen molar-refractivity contribution in [2.45, 2.75) is 12.5 Å². The minimum Gasteiger partial charge on any atom is -0.469 e. The number of thiazole rings is 1. The quantitative estimate of drug-likeness (QED) is 0.782. The van der Waals surface area contributed by atoms with E-state index in [1.165, 1.54) is 18.4 Å². The molecule has 1 heterocycles. The topological polar surface area (TPSA) is 65.2 Å². The van der Waals surface area contributed by atoms with Gasteiger partial charge in [0.15, 0.2) is 4.47 Å². The number of esters is 1. The molecule has 1 rings (SSSR count). The largest absolute Gasteiger partial charge is 0.469 e. The summed E-state index contributed by atoms with van der Waals surface area (Å²) in [6.45, 7) is 0. The maximum absolute atomic E-state index is 10.9. The smallest absolute Gasteiger partial charge is 0.307 e. The van der Waals surface area contributed by atoms with Gasteiger partial charge in [-0.2, -0.15) is 0 Å². The standard InChI is InChI=1S/C7H9ClN2O2S/c1-12-6(11)2-4(9)5-3-10-7(8)13-5/h3-4H,2,9H2,1H3. The minimum absolute atomic E-state index is 0.148. The molecule has 1 aromatic rings. The molecule has 0 amide bonds. The Morgan fingerprint density at radius 1 is 1.92 bits per heavy atom. The van der Waals surface area contributed by atoms with E-state index in [9.17, 15) is 4.79 Å². The van der Waals surface area contributed by atoms with Gasteiger partial charge in [-0.15, -0.1) is 11.3 Å². The van der Waals surface area contributed by atoms with Crippen LogP contribution in [0, 0.1) is 0 Å². The van der Waals surface area contributed by atoms with Gasteiger partial charge in [0.1, 0.15) is 0 Å². The summed E-state index contributed by atoms with van der Waals surface area (Å²) in [4.78, 5) is 15.5. The lowest BCUT2D eigenvalue weighted by atomic mass is 10.2. The number of hydrogen-bond acceptors (Lipinski definition) is 5. The molecule has 0 aliphatic rings. The first kappa shape index (κ1) is 10.4. The highest BCUT2D eigenvalue weighted by atomic mass is 35.5. The Morgan fingerprint density at radius 3 is 3.08 bits per heavy atom. The highest BCUT2D eigenvalue weighted by Crippen LogP contribution is 2.24. The van der Waals surface area contributed by atoms with E-state index in [4.69, 9.17) is 17.3 Å². The lowest BCUT2D eigenvalue weighted by Gasteiger charge is -2.05. The third-order valence-electron chi connectivity index (χ3n) is 1.48. The summed E-state index contributed by atoms with van der Waals surface area (Å²) in [5.74, 6) is -0.336. The Balaban J connectivity index is 2.58. The zero-order valence-corrected chi connectivity index (χ0v) is 8.56. The summed E-state index contributed by atoms with van der Waals surface area (Å²) in [5.41, 5.74) is 5.70. The molecule has 0 spiro atoms. The zero-order valence-electron chi connectivity index (χ0n) is 6.99. The van der Waals surface area contributed by atoms with Gasteiger partial charge in [0.05, 0.1) is 19.6 Å². The van der Waals surface area contributed by atoms with Crippen molar-refractivity contribution in [2.75, 3.05) is 7.11 Å². The molecule has 6 heteroatoms. The van der Waals surface area contributed by atoms with Gasteiger partial charge in [-0.1, -0.05) is 11.6 Å². The molecular formula is C7H9ClN2O2S. The molecule has 0 saturated carbocycles. The number of nitrogens with two attached hydrogens (primary N) is 1. The highest BCUT2D eigenvalue weighted by Gasteiger charge is 2.14. The van der Waals surface area contributed by atoms with E-state index in [-0.39, 0.29) is 18.4 Å². The van der Waals surface area contributed by atoms with E-state index < -0.39 is 0 Å². The third-order valence-corrected chi connectivity index (χ3v) is 2.72. The third kappa shape index (κ3) is 2.95. The fraction of sp³-hybridized carbons (Fsp3) is 0.429. The summed E-state index contributed by atoms with van der Waals surface area (Å²) >= 11 is 6.88. The van der Waals surface area contributed by atoms with Crippen LogP contribution in [-0.4, -0.2) is 18.1 Å². The van der Waals surface area contributed by atoms with Crippen LogP contribution >= 0.6 is 22.9 Å². The van der Waals surface area contributed by atoms with Crippen LogP contribution in [-0.2, 0) is 9.53 Å². The maximum Gasteiger partial charge on any atom is 0.307 e. The van der Waals surface area contributed by atoms with Gasteiger partial charge < -0.3 is 10.5 Å². The van der Waals surface area contributed by atoms with Crippen molar-refractivity contribution in [1.29, 1.82) is 0 Å². The van der Waals surface area contributed by atoms with Crippen LogP contribution < -0.4 is 5.73 Å². The fourth-order valence-corrected chi connectivity index (χ4v) is 1.76. The molecule has 0 aliphatic heterocycles. The van der Waals surface area contributed by atoms with Crippen LogP contribution in [0.4, 0.5) is 0 Å². The first-order chi connectivity index (χ1) is 6.13. The summed E-state index contributed by atoms with van der Waals surface area (Å²) < 4.78 is 4.91. The van der Waals surface area contributed by atoms with Crippen LogP contribution in [0.2, 0.25) is 4.47 Å². The molecule has 0 aliphatic carbocycles. The van der Waals surface area contributed by atoms with Crippen molar-refractivity contribution in [3.8, 4) is 0 Å². The van der Waals surface area contributed by atoms with Gasteiger partial charge in [0.25, 0.3) is 0 Å². The number of nitrogens with zero attached hydrogens (tertiary/aromatic N) is 1. The molecule has 13 heavy (non-hydrogen) atoms. The number of ether oxygens (including phenoxy) is 1. The van der Waals surface area contributed by atoms with Crippen molar-refractivity contribution >= 4 is 28.9 Å². The molecule has 72 valence electrons. The SMILES string of the molecule is COC(=O)CC(N)c1cnc(Cl)s1. The zero-order chi connectivity index (χ0) is 9.84. The summed E-state index contributed by atoms with van der Waals surface area (Å²) in [6, 6.07) is -0.377. The Bertz CT molecular complexity index is 302. The number of halogens is 1. The number of carbonyl (C=O) groups is 1. The number of rotatable bonds is 3. The molecule has 2 N–H and O–H groups in total. The van der Waals surface area contributed by atoms with Crippen molar-refractivity contribution < 1.29 is 9.53 Å². The van der Waals surface area contributed by atoms with Crippen LogP contribution in [0.1, 0.15) is 17.3 Å². The fourth-order valence-electron chi connectivity index (χ4n) is 0.799. The van der Waals surface area contributed by atoms with Gasteiger partial charge in [-0.25, -0.2) is 4.98 Å². The summed E-state index contributed by atoms with van der Waals surface area (Å²) in [7, 11) is 1.33. The second-order valence-electron chi connectivity index (χ2n) is 2.40. The molecule has 0 saturated heterocycles. The number of hydrogen-bond donors (Lipinski definition) is 1. The predicted molar refractivity (Wildman–Crippen MR) is 50.7 cm³/mol. The van der Waals surface area contributed by atoms with Crippen LogP contribution in [0.5, 0.6) is 0 Å². The van der Waals surface area contributed by atoms with E-state index in [0.29, 0.717) is 4.47 Å². The van der Waals surface area contributed by atoms with E-state index in [2.05, 4.69) is 9.72 Å². The molecule has 1 unspecified atom stereocenters. The first-order valence-corrected chi connectivity index (χ1v) is 4.76. The van der Waals surface area contributed by atoms with Crippen LogP contribution in [0.3, 0.4) is 0 Å². The highest BCUT2D eigenvalue weighted by molar-refractivity contribution is 7.15. The summed E-state index contributed by atoms with van der Waals surface area (Å²) in [5, 5.41) is 0. The Labute approximate surface area is 84.7 Å². The normalized spacial score (nSPS) is 12.5. The van der Waals surface area contributed by atoms with Gasteiger partial charge >= 0.3 is 5.97 Å². The van der Waals surface area contributed by atoms with Crippen LogP contribution in [0.25, 0.3) is 0 Å². The van der Waals surface area contributed by atoms with E-state index in [1.807, 2.05) is 0 Å². The predicted octanol–water partition coefficient (Wildman–Crippen LogP) is 1.36. The minimum atomic E-state index is -0.377. The molecule has 0 radical (unpaired) electrons. The lowest BCUT2D eigenvalue weighted by molar-refractivity contribution is -0.141. The molecular weight excluding hydrogens is 212 g/mol. The van der Waals surface area contributed by atoms with E-state index >= 15 is 0 Å². The van der Waals surface area contributed by atoms with Crippen molar-refractivity contribution in [3.05, 3.63) is 15.5 Å². The Hall–Kier alpha value is -0.650. The van der Waals surface area contributed by atoms with Gasteiger partial charge in [-0.3, -0.25) is 4.79 Å². The van der Waals surface area contributed by atoms with Gasteiger partial charge in [0.2, 0.25) is 0 Å². The molecule has 4 nitrogen and oxygen atoms in total. The van der Waals surface area contributed by atoms with Gasteiger partial charge in [-0.05, 0) is 0 Å². The number of methoxy groups -OCH3 is 1. The lowest BCUT2D eigenvalue weighted by Crippen LogP contribution is -2.15. The first-order valence-electron chi connectivity index (χ1n) is 3.57. The second-order valence-corrected chi connectivity index (χ2v) is 4.05.